The molecule has 5 amide bonds. The van der Waals surface area contributed by atoms with E-state index in [-0.39, 0.29) is 43.5 Å². The maximum Gasteiger partial charge on any atom is 0.323 e. The minimum Gasteiger partial charge on any atom is -0.488 e. The van der Waals surface area contributed by atoms with E-state index < -0.39 is 18.2 Å². The molecular formula is C27H40N6O6. The minimum absolute atomic E-state index is 0.0150. The van der Waals surface area contributed by atoms with Gasteiger partial charge in [-0.05, 0) is 52.8 Å². The Hall–Kier alpha value is -3.80. The lowest BCUT2D eigenvalue weighted by molar-refractivity contribution is -0.134. The summed E-state index contributed by atoms with van der Waals surface area (Å²) in [4.78, 5) is 41.8. The number of aryl methyl sites for hydroxylation is 2. The number of hydrogen-bond acceptors (Lipinski definition) is 7. The van der Waals surface area contributed by atoms with E-state index >= 15 is 0 Å². The molecule has 4 N–H and O–H groups in total. The summed E-state index contributed by atoms with van der Waals surface area (Å²) in [6.07, 6.45) is -0.420. The van der Waals surface area contributed by atoms with Crippen molar-refractivity contribution in [1.29, 1.82) is 0 Å². The van der Waals surface area contributed by atoms with Gasteiger partial charge in [0.15, 0.2) is 5.76 Å². The lowest BCUT2D eigenvalue weighted by Gasteiger charge is -2.34. The lowest BCUT2D eigenvalue weighted by atomic mass is 10.0. The summed E-state index contributed by atoms with van der Waals surface area (Å²) in [7, 11) is 1.70. The summed E-state index contributed by atoms with van der Waals surface area (Å²) in [5.41, 5.74) is 2.10. The van der Waals surface area contributed by atoms with E-state index in [0.29, 0.717) is 40.7 Å². The van der Waals surface area contributed by atoms with E-state index in [0.717, 1.165) is 0 Å². The molecule has 0 fully saturated rings. The SMILES string of the molecule is Cc1noc(C)c1NC(=O)Nc1ccc2c(c1)CC(=O)N([C@H](C)CO)C[C@H](C)[C@@H](CN(C)C(=O)NC(C)C)O2. The first kappa shape index (κ1) is 29.8. The van der Waals surface area contributed by atoms with E-state index in [2.05, 4.69) is 21.1 Å². The second-order valence-electron chi connectivity index (χ2n) is 10.5. The number of aromatic nitrogens is 1. The third-order valence-electron chi connectivity index (χ3n) is 6.66. The zero-order valence-corrected chi connectivity index (χ0v) is 23.7. The van der Waals surface area contributed by atoms with Crippen molar-refractivity contribution >= 4 is 29.3 Å². The monoisotopic (exact) mass is 544 g/mol. The number of likely N-dealkylation sites (N-methyl/N-ethyl adjacent to an activating group) is 1. The fourth-order valence-electron chi connectivity index (χ4n) is 4.37. The van der Waals surface area contributed by atoms with Crippen LogP contribution in [0, 0.1) is 19.8 Å². The number of carbonyl (C=O) groups excluding carboxylic acids is 3. The molecule has 0 radical (unpaired) electrons. The number of urea groups is 2. The van der Waals surface area contributed by atoms with Gasteiger partial charge in [0, 0.05) is 36.8 Å². The number of fused-ring (bicyclic) bond motifs is 1. The van der Waals surface area contributed by atoms with Gasteiger partial charge in [0.05, 0.1) is 25.6 Å². The first-order chi connectivity index (χ1) is 18.4. The molecule has 12 nitrogen and oxygen atoms in total. The third-order valence-corrected chi connectivity index (χ3v) is 6.66. The highest BCUT2D eigenvalue weighted by molar-refractivity contribution is 6.00. The van der Waals surface area contributed by atoms with Gasteiger partial charge in [-0.15, -0.1) is 0 Å². The summed E-state index contributed by atoms with van der Waals surface area (Å²) < 4.78 is 11.5. The molecule has 1 aromatic heterocycles. The molecule has 2 aromatic rings. The molecule has 0 bridgehead atoms. The average Bonchev–Trinajstić information content (AvgIpc) is 3.20. The summed E-state index contributed by atoms with van der Waals surface area (Å²) in [5, 5.41) is 22.0. The van der Waals surface area contributed by atoms with Crippen LogP contribution >= 0.6 is 0 Å². The van der Waals surface area contributed by atoms with Gasteiger partial charge < -0.3 is 40.1 Å². The van der Waals surface area contributed by atoms with Gasteiger partial charge in [0.25, 0.3) is 0 Å². The number of nitrogens with one attached hydrogen (secondary N) is 3. The Labute approximate surface area is 229 Å². The quantitative estimate of drug-likeness (QED) is 0.418. The highest BCUT2D eigenvalue weighted by Gasteiger charge is 2.32. The van der Waals surface area contributed by atoms with E-state index in [4.69, 9.17) is 9.26 Å². The lowest BCUT2D eigenvalue weighted by Crippen LogP contribution is -2.49. The molecule has 3 atom stereocenters. The van der Waals surface area contributed by atoms with Crippen molar-refractivity contribution in [1.82, 2.24) is 20.3 Å². The summed E-state index contributed by atoms with van der Waals surface area (Å²) in [5.74, 6) is 0.661. The van der Waals surface area contributed by atoms with E-state index in [1.54, 1.807) is 55.8 Å². The Kier molecular flexibility index (Phi) is 9.79. The second-order valence-corrected chi connectivity index (χ2v) is 10.5. The zero-order chi connectivity index (χ0) is 28.9. The maximum absolute atomic E-state index is 13.4. The molecule has 0 unspecified atom stereocenters. The third kappa shape index (κ3) is 7.62. The minimum atomic E-state index is -0.487. The molecule has 0 saturated heterocycles. The van der Waals surface area contributed by atoms with Crippen LogP contribution in [-0.4, -0.2) is 83.0 Å². The van der Waals surface area contributed by atoms with Gasteiger partial charge in [0.1, 0.15) is 23.2 Å². The molecular weight excluding hydrogens is 504 g/mol. The van der Waals surface area contributed by atoms with Gasteiger partial charge >= 0.3 is 12.1 Å². The average molecular weight is 545 g/mol. The largest absolute Gasteiger partial charge is 0.488 e. The van der Waals surface area contributed by atoms with Crippen LogP contribution in [0.4, 0.5) is 21.0 Å². The van der Waals surface area contributed by atoms with Crippen LogP contribution in [0.5, 0.6) is 5.75 Å². The normalized spacial score (nSPS) is 18.3. The number of hydrogen-bond donors (Lipinski definition) is 4. The maximum atomic E-state index is 13.4. The highest BCUT2D eigenvalue weighted by Crippen LogP contribution is 2.29. The van der Waals surface area contributed by atoms with Crippen LogP contribution < -0.4 is 20.7 Å². The first-order valence-corrected chi connectivity index (χ1v) is 13.1. The summed E-state index contributed by atoms with van der Waals surface area (Å²) >= 11 is 0. The van der Waals surface area contributed by atoms with Gasteiger partial charge in [-0.3, -0.25) is 4.79 Å². The molecule has 1 aliphatic heterocycles. The van der Waals surface area contributed by atoms with Crippen molar-refractivity contribution in [2.24, 2.45) is 5.92 Å². The number of carbonyl (C=O) groups is 3. The first-order valence-electron chi connectivity index (χ1n) is 13.1. The Morgan fingerprint density at radius 2 is 1.95 bits per heavy atom. The Balaban J connectivity index is 1.88. The number of rotatable bonds is 7. The number of aliphatic hydroxyl groups is 1. The predicted molar refractivity (Wildman–Crippen MR) is 147 cm³/mol. The Morgan fingerprint density at radius 3 is 2.56 bits per heavy atom. The number of nitrogens with zero attached hydrogens (tertiary/aromatic N) is 3. The summed E-state index contributed by atoms with van der Waals surface area (Å²) in [6.45, 7) is 11.4. The van der Waals surface area contributed by atoms with E-state index in [9.17, 15) is 19.5 Å². The van der Waals surface area contributed by atoms with Crippen LogP contribution in [0.2, 0.25) is 0 Å². The van der Waals surface area contributed by atoms with Gasteiger partial charge in [-0.25, -0.2) is 9.59 Å². The molecule has 12 heteroatoms. The number of amides is 5. The molecule has 0 spiro atoms. The fraction of sp³-hybridized carbons (Fsp3) is 0.556. The predicted octanol–water partition coefficient (Wildman–Crippen LogP) is 3.13. The van der Waals surface area contributed by atoms with Gasteiger partial charge in [-0.1, -0.05) is 12.1 Å². The number of anilines is 2. The van der Waals surface area contributed by atoms with Gasteiger partial charge in [0.2, 0.25) is 5.91 Å². The van der Waals surface area contributed by atoms with Crippen molar-refractivity contribution in [3.63, 3.8) is 0 Å². The van der Waals surface area contributed by atoms with Gasteiger partial charge in [-0.2, -0.15) is 0 Å². The van der Waals surface area contributed by atoms with Crippen molar-refractivity contribution < 1.29 is 28.8 Å². The van der Waals surface area contributed by atoms with Crippen molar-refractivity contribution in [3.8, 4) is 5.75 Å². The van der Waals surface area contributed by atoms with Crippen LogP contribution in [0.1, 0.15) is 44.7 Å². The molecule has 3 rings (SSSR count). The molecule has 39 heavy (non-hydrogen) atoms. The van der Waals surface area contributed by atoms with Crippen molar-refractivity contribution in [2.75, 3.05) is 37.4 Å². The molecule has 2 heterocycles. The van der Waals surface area contributed by atoms with Crippen LogP contribution in [0.3, 0.4) is 0 Å². The molecule has 1 aliphatic rings. The van der Waals surface area contributed by atoms with Crippen molar-refractivity contribution in [3.05, 3.63) is 35.2 Å². The molecule has 0 aliphatic carbocycles. The van der Waals surface area contributed by atoms with E-state index in [1.807, 2.05) is 20.8 Å². The topological polar surface area (TPSA) is 149 Å². The number of ether oxygens (including phenoxy) is 1. The van der Waals surface area contributed by atoms with Crippen molar-refractivity contribution in [2.45, 2.75) is 66.2 Å². The van der Waals surface area contributed by atoms with Crippen LogP contribution in [0.25, 0.3) is 0 Å². The molecule has 214 valence electrons. The van der Waals surface area contributed by atoms with Crippen LogP contribution in [-0.2, 0) is 11.2 Å². The smallest absolute Gasteiger partial charge is 0.323 e. The Bertz CT molecular complexity index is 1160. The molecule has 0 saturated carbocycles. The second kappa shape index (κ2) is 12.8. The highest BCUT2D eigenvalue weighted by atomic mass is 16.5. The standard InChI is InChI=1S/C27H40N6O6/c1-15(2)28-27(37)32(7)13-23-16(3)12-33(17(4)14-34)24(35)11-20-10-21(8-9-22(20)38-23)29-26(36)30-25-18(5)31-39-19(25)6/h8-10,15-17,23,34H,11-14H2,1-7H3,(H,28,37)(H2,29,30,36)/t16-,17+,23+/m0/s1. The number of aliphatic hydroxyl groups excluding tert-OH is 1. The van der Waals surface area contributed by atoms with Crippen LogP contribution in [0.15, 0.2) is 22.7 Å². The van der Waals surface area contributed by atoms with E-state index in [1.165, 1.54) is 0 Å². The summed E-state index contributed by atoms with van der Waals surface area (Å²) in [6, 6.07) is 3.99. The Morgan fingerprint density at radius 1 is 1.23 bits per heavy atom. The fourth-order valence-corrected chi connectivity index (χ4v) is 4.37. The number of benzene rings is 1. The zero-order valence-electron chi connectivity index (χ0n) is 23.7. The molecule has 1 aromatic carbocycles.